The quantitative estimate of drug-likeness (QED) is 0.170. The minimum Gasteiger partial charge on any atom is -0.310 e. The Hall–Kier alpha value is -6.88. The molecule has 0 spiro atoms. The van der Waals surface area contributed by atoms with E-state index < -0.39 is 0 Å². The van der Waals surface area contributed by atoms with Crippen LogP contribution in [0.2, 0.25) is 0 Å². The normalized spacial score (nSPS) is 13.8. The van der Waals surface area contributed by atoms with E-state index in [2.05, 4.69) is 162 Å². The summed E-state index contributed by atoms with van der Waals surface area (Å²) in [5.74, 6) is 0. The van der Waals surface area contributed by atoms with E-state index in [9.17, 15) is 10.5 Å². The van der Waals surface area contributed by atoms with E-state index in [1.807, 2.05) is 48.5 Å². The minimum absolute atomic E-state index is 0.286. The van der Waals surface area contributed by atoms with Crippen LogP contribution in [0.15, 0.2) is 133 Å². The fourth-order valence-electron chi connectivity index (χ4n) is 9.66. The topological polar surface area (TPSA) is 54.1 Å². The van der Waals surface area contributed by atoms with Crippen LogP contribution in [0.1, 0.15) is 83.3 Å². The van der Waals surface area contributed by atoms with Gasteiger partial charge in [-0.15, -0.1) is 0 Å². The van der Waals surface area contributed by atoms with Crippen molar-refractivity contribution in [2.45, 2.75) is 66.2 Å². The van der Waals surface area contributed by atoms with Gasteiger partial charge in [0.1, 0.15) is 0 Å². The number of rotatable bonds is 6. The summed E-state index contributed by atoms with van der Waals surface area (Å²) in [6.07, 6.45) is 0. The van der Waals surface area contributed by atoms with Gasteiger partial charge in [0.25, 0.3) is 0 Å². The zero-order chi connectivity index (χ0) is 40.7. The van der Waals surface area contributed by atoms with Gasteiger partial charge in [0.2, 0.25) is 0 Å². The van der Waals surface area contributed by atoms with Crippen molar-refractivity contribution in [2.24, 2.45) is 0 Å². The number of nitrogens with zero attached hydrogens (tertiary/aromatic N) is 4. The first-order valence-electron chi connectivity index (χ1n) is 20.1. The third kappa shape index (κ3) is 5.55. The summed E-state index contributed by atoms with van der Waals surface area (Å²) >= 11 is 0. The highest BCUT2D eigenvalue weighted by atomic mass is 15.1. The molecule has 0 radical (unpaired) electrons. The molecule has 0 heterocycles. The van der Waals surface area contributed by atoms with Gasteiger partial charge in [-0.1, -0.05) is 75.2 Å². The zero-order valence-electron chi connectivity index (χ0n) is 34.5. The Morgan fingerprint density at radius 2 is 0.690 bits per heavy atom. The third-order valence-corrected chi connectivity index (χ3v) is 12.8. The molecule has 2 aliphatic carbocycles. The lowest BCUT2D eigenvalue weighted by Gasteiger charge is -2.33. The van der Waals surface area contributed by atoms with E-state index in [0.29, 0.717) is 11.1 Å². The molecule has 0 saturated heterocycles. The van der Waals surface area contributed by atoms with Gasteiger partial charge in [-0.25, -0.2) is 0 Å². The molecule has 0 aliphatic heterocycles. The highest BCUT2D eigenvalue weighted by Crippen LogP contribution is 2.62. The summed E-state index contributed by atoms with van der Waals surface area (Å²) in [4.78, 5) is 4.61. The molecule has 282 valence electrons. The first kappa shape index (κ1) is 36.7. The number of aryl methyl sites for hydroxylation is 2. The van der Waals surface area contributed by atoms with Crippen LogP contribution in [0.25, 0.3) is 22.3 Å². The predicted octanol–water partition coefficient (Wildman–Crippen LogP) is 14.2. The molecular formula is C54H46N4. The fourth-order valence-corrected chi connectivity index (χ4v) is 9.66. The Labute approximate surface area is 342 Å². The van der Waals surface area contributed by atoms with E-state index in [1.165, 1.54) is 66.8 Å². The Morgan fingerprint density at radius 3 is 1.00 bits per heavy atom. The molecule has 2 aliphatic rings. The fraction of sp³-hybridized carbons (Fsp3) is 0.185. The van der Waals surface area contributed by atoms with E-state index in [0.717, 1.165) is 34.1 Å². The van der Waals surface area contributed by atoms with E-state index in [4.69, 9.17) is 0 Å². The second-order valence-corrected chi connectivity index (χ2v) is 17.1. The molecule has 0 fully saturated rings. The lowest BCUT2D eigenvalue weighted by molar-refractivity contribution is 0.600. The maximum atomic E-state index is 9.57. The summed E-state index contributed by atoms with van der Waals surface area (Å²) in [7, 11) is 0. The molecule has 58 heavy (non-hydrogen) atoms. The number of benzene rings is 7. The van der Waals surface area contributed by atoms with Crippen molar-refractivity contribution in [1.82, 2.24) is 0 Å². The van der Waals surface area contributed by atoms with Crippen molar-refractivity contribution < 1.29 is 0 Å². The average Bonchev–Trinajstić information content (AvgIpc) is 3.60. The second kappa shape index (κ2) is 13.4. The number of hydrogen-bond donors (Lipinski definition) is 0. The van der Waals surface area contributed by atoms with Gasteiger partial charge < -0.3 is 9.80 Å². The summed E-state index contributed by atoms with van der Waals surface area (Å²) < 4.78 is 0. The van der Waals surface area contributed by atoms with Crippen molar-refractivity contribution in [3.05, 3.63) is 189 Å². The molecule has 0 saturated carbocycles. The minimum atomic E-state index is -0.286. The molecule has 9 rings (SSSR count). The van der Waals surface area contributed by atoms with Gasteiger partial charge in [-0.2, -0.15) is 10.5 Å². The molecule has 0 amide bonds. The van der Waals surface area contributed by atoms with Gasteiger partial charge in [-0.05, 0) is 180 Å². The number of nitriles is 2. The van der Waals surface area contributed by atoms with Gasteiger partial charge in [0.05, 0.1) is 23.3 Å². The Kier molecular flexibility index (Phi) is 8.47. The maximum Gasteiger partial charge on any atom is 0.0991 e. The van der Waals surface area contributed by atoms with E-state index in [-0.39, 0.29) is 10.8 Å². The predicted molar refractivity (Wildman–Crippen MR) is 239 cm³/mol. The van der Waals surface area contributed by atoms with Crippen LogP contribution in [0.5, 0.6) is 0 Å². The summed E-state index contributed by atoms with van der Waals surface area (Å²) in [5, 5.41) is 19.1. The smallest absolute Gasteiger partial charge is 0.0991 e. The molecule has 7 aromatic rings. The molecule has 0 aromatic heterocycles. The van der Waals surface area contributed by atoms with Crippen molar-refractivity contribution in [3.63, 3.8) is 0 Å². The summed E-state index contributed by atoms with van der Waals surface area (Å²) in [6, 6.07) is 51.7. The Balaban J connectivity index is 1.19. The van der Waals surface area contributed by atoms with Crippen LogP contribution in [-0.2, 0) is 10.8 Å². The Bertz CT molecular complexity index is 2660. The molecule has 0 atom stereocenters. The van der Waals surface area contributed by atoms with Crippen molar-refractivity contribution in [3.8, 4) is 34.4 Å². The van der Waals surface area contributed by atoms with Crippen molar-refractivity contribution in [2.75, 3.05) is 9.80 Å². The molecule has 0 bridgehead atoms. The maximum absolute atomic E-state index is 9.57. The zero-order valence-corrected chi connectivity index (χ0v) is 34.5. The van der Waals surface area contributed by atoms with E-state index in [1.54, 1.807) is 0 Å². The first-order valence-corrected chi connectivity index (χ1v) is 20.1. The SMILES string of the molecule is Cc1ccc(N(c2ccc(C#N)cc2)c2ccc3c(c2)C(C)(C)c2c-3c(C)c(C)c3c2C(C)(C)c2cc(N(c4ccc(C)cc4)c4ccc(C#N)cc4)ccc2-3)cc1. The first-order chi connectivity index (χ1) is 27.8. The molecule has 4 heteroatoms. The number of hydrogen-bond acceptors (Lipinski definition) is 4. The van der Waals surface area contributed by atoms with Crippen molar-refractivity contribution in [1.29, 1.82) is 10.5 Å². The summed E-state index contributed by atoms with van der Waals surface area (Å²) in [5.41, 5.74) is 23.0. The number of anilines is 6. The molecular weight excluding hydrogens is 705 g/mol. The van der Waals surface area contributed by atoms with Gasteiger partial charge >= 0.3 is 0 Å². The standard InChI is InChI=1S/C54H46N4/c1-33-9-17-39(18-10-33)57(41-21-13-37(31-55)14-22-41)43-25-27-45-47(29-43)53(5,6)51-49(45)35(3)36(4)50-46-28-26-44(30-48(46)54(7,8)52(50)51)58(40-19-11-34(2)12-20-40)42-23-15-38(32-56)16-24-42/h9-30H,1-8H3. The van der Waals surface area contributed by atoms with Gasteiger partial charge in [0.15, 0.2) is 0 Å². The summed E-state index contributed by atoms with van der Waals surface area (Å²) in [6.45, 7) is 18.5. The molecule has 0 unspecified atom stereocenters. The van der Waals surface area contributed by atoms with Gasteiger partial charge in [-0.3, -0.25) is 0 Å². The van der Waals surface area contributed by atoms with Crippen molar-refractivity contribution >= 4 is 34.1 Å². The van der Waals surface area contributed by atoms with Crippen LogP contribution in [0.3, 0.4) is 0 Å². The van der Waals surface area contributed by atoms with Gasteiger partial charge in [0, 0.05) is 45.0 Å². The van der Waals surface area contributed by atoms with Crippen LogP contribution < -0.4 is 9.80 Å². The van der Waals surface area contributed by atoms with Crippen LogP contribution in [-0.4, -0.2) is 0 Å². The monoisotopic (exact) mass is 750 g/mol. The van der Waals surface area contributed by atoms with Crippen LogP contribution in [0.4, 0.5) is 34.1 Å². The third-order valence-electron chi connectivity index (χ3n) is 12.8. The highest BCUT2D eigenvalue weighted by Gasteiger charge is 2.48. The van der Waals surface area contributed by atoms with E-state index >= 15 is 0 Å². The lowest BCUT2D eigenvalue weighted by Crippen LogP contribution is -2.25. The molecule has 4 nitrogen and oxygen atoms in total. The lowest BCUT2D eigenvalue weighted by atomic mass is 9.71. The van der Waals surface area contributed by atoms with Crippen LogP contribution in [0, 0.1) is 50.4 Å². The Morgan fingerprint density at radius 1 is 0.397 bits per heavy atom. The average molecular weight is 751 g/mol. The van der Waals surface area contributed by atoms with Crippen LogP contribution >= 0.6 is 0 Å². The second-order valence-electron chi connectivity index (χ2n) is 17.1. The highest BCUT2D eigenvalue weighted by molar-refractivity contribution is 5.97. The molecule has 7 aromatic carbocycles. The number of fused-ring (bicyclic) bond motifs is 7. The largest absolute Gasteiger partial charge is 0.310 e. The molecule has 0 N–H and O–H groups in total.